The Morgan fingerprint density at radius 2 is 2.21 bits per heavy atom. The number of carboxylic acids is 1. The third kappa shape index (κ3) is 2.73. The highest BCUT2D eigenvalue weighted by atomic mass is 16.5. The van der Waals surface area contributed by atoms with E-state index in [-0.39, 0.29) is 17.9 Å². The van der Waals surface area contributed by atoms with Gasteiger partial charge >= 0.3 is 5.97 Å². The molecule has 0 aliphatic carbocycles. The van der Waals surface area contributed by atoms with Crippen LogP contribution in [-0.4, -0.2) is 32.2 Å². The third-order valence-corrected chi connectivity index (χ3v) is 2.77. The molecule has 0 aliphatic rings. The molecule has 1 aromatic carbocycles. The lowest BCUT2D eigenvalue weighted by molar-refractivity contribution is -0.0445. The number of carboxylic acid groups (broad SMARTS) is 1. The van der Waals surface area contributed by atoms with Crippen LogP contribution in [0.1, 0.15) is 43.8 Å². The van der Waals surface area contributed by atoms with E-state index in [1.54, 1.807) is 16.8 Å². The molecule has 0 saturated heterocycles. The summed E-state index contributed by atoms with van der Waals surface area (Å²) in [6.45, 7) is 5.93. The molecular weight excluding hydrogens is 246 g/mol. The van der Waals surface area contributed by atoms with E-state index >= 15 is 0 Å². The lowest BCUT2D eigenvalue weighted by atomic mass is 10.2. The summed E-state index contributed by atoms with van der Waals surface area (Å²) in [5.74, 6) is -0.970. The van der Waals surface area contributed by atoms with Gasteiger partial charge in [-0.15, -0.1) is 5.10 Å². The molecule has 0 amide bonds. The molecule has 0 spiro atoms. The molecule has 0 fully saturated rings. The maximum atomic E-state index is 10.9. The topological polar surface area (TPSA) is 77.2 Å². The SMILES string of the molecule is CCC(OC(C)C)n1nnc2cc(C(=O)O)ccc21. The van der Waals surface area contributed by atoms with Gasteiger partial charge in [0.25, 0.3) is 0 Å². The summed E-state index contributed by atoms with van der Waals surface area (Å²) >= 11 is 0. The molecule has 19 heavy (non-hydrogen) atoms. The molecule has 1 N–H and O–H groups in total. The number of fused-ring (bicyclic) bond motifs is 1. The van der Waals surface area contributed by atoms with Gasteiger partial charge in [-0.05, 0) is 38.5 Å². The van der Waals surface area contributed by atoms with E-state index in [4.69, 9.17) is 9.84 Å². The van der Waals surface area contributed by atoms with Crippen LogP contribution in [0.3, 0.4) is 0 Å². The van der Waals surface area contributed by atoms with Crippen molar-refractivity contribution in [3.8, 4) is 0 Å². The molecule has 2 rings (SSSR count). The number of ether oxygens (including phenoxy) is 1. The first-order valence-corrected chi connectivity index (χ1v) is 6.26. The predicted octanol–water partition coefficient (Wildman–Crippen LogP) is 2.46. The number of aromatic nitrogens is 3. The maximum Gasteiger partial charge on any atom is 0.335 e. The quantitative estimate of drug-likeness (QED) is 0.896. The number of nitrogens with zero attached hydrogens (tertiary/aromatic N) is 3. The van der Waals surface area contributed by atoms with E-state index < -0.39 is 5.97 Å². The van der Waals surface area contributed by atoms with Crippen molar-refractivity contribution in [2.45, 2.75) is 39.5 Å². The fraction of sp³-hybridized carbons (Fsp3) is 0.462. The van der Waals surface area contributed by atoms with Crippen LogP contribution in [0.15, 0.2) is 18.2 Å². The molecule has 1 heterocycles. The van der Waals surface area contributed by atoms with Crippen LogP contribution in [0.2, 0.25) is 0 Å². The minimum absolute atomic E-state index is 0.0856. The normalized spacial score (nSPS) is 13.1. The zero-order chi connectivity index (χ0) is 14.0. The highest BCUT2D eigenvalue weighted by Crippen LogP contribution is 2.21. The first-order chi connectivity index (χ1) is 9.02. The van der Waals surface area contributed by atoms with Crippen molar-refractivity contribution in [3.63, 3.8) is 0 Å². The standard InChI is InChI=1S/C13H17N3O3/c1-4-12(19-8(2)3)16-11-6-5-9(13(17)18)7-10(11)14-15-16/h5-8,12H,4H2,1-3H3,(H,17,18). The summed E-state index contributed by atoms with van der Waals surface area (Å²) in [5.41, 5.74) is 1.54. The number of hydrogen-bond donors (Lipinski definition) is 1. The number of benzene rings is 1. The van der Waals surface area contributed by atoms with Crippen molar-refractivity contribution in [1.29, 1.82) is 0 Å². The highest BCUT2D eigenvalue weighted by molar-refractivity contribution is 5.92. The second kappa shape index (κ2) is 5.36. The molecular formula is C13H17N3O3. The van der Waals surface area contributed by atoms with Crippen LogP contribution >= 0.6 is 0 Å². The zero-order valence-corrected chi connectivity index (χ0v) is 11.2. The second-order valence-corrected chi connectivity index (χ2v) is 4.59. The maximum absolute atomic E-state index is 10.9. The van der Waals surface area contributed by atoms with Crippen LogP contribution in [-0.2, 0) is 4.74 Å². The van der Waals surface area contributed by atoms with Gasteiger partial charge in [0.2, 0.25) is 0 Å². The molecule has 6 heteroatoms. The molecule has 2 aromatic rings. The monoisotopic (exact) mass is 263 g/mol. The minimum atomic E-state index is -0.970. The molecule has 1 unspecified atom stereocenters. The summed E-state index contributed by atoms with van der Waals surface area (Å²) in [5, 5.41) is 17.0. The highest BCUT2D eigenvalue weighted by Gasteiger charge is 2.16. The van der Waals surface area contributed by atoms with Crippen molar-refractivity contribution < 1.29 is 14.6 Å². The van der Waals surface area contributed by atoms with Crippen LogP contribution in [0.25, 0.3) is 11.0 Å². The Kier molecular flexibility index (Phi) is 3.80. The number of aromatic carboxylic acids is 1. The van der Waals surface area contributed by atoms with E-state index in [2.05, 4.69) is 10.3 Å². The first-order valence-electron chi connectivity index (χ1n) is 6.26. The summed E-state index contributed by atoms with van der Waals surface area (Å²) in [7, 11) is 0. The van der Waals surface area contributed by atoms with Gasteiger partial charge in [0.15, 0.2) is 6.23 Å². The smallest absolute Gasteiger partial charge is 0.335 e. The van der Waals surface area contributed by atoms with E-state index in [1.165, 1.54) is 6.07 Å². The van der Waals surface area contributed by atoms with Crippen LogP contribution in [0, 0.1) is 0 Å². The Balaban J connectivity index is 2.42. The third-order valence-electron chi connectivity index (χ3n) is 2.77. The van der Waals surface area contributed by atoms with E-state index in [0.717, 1.165) is 11.9 Å². The van der Waals surface area contributed by atoms with Crippen LogP contribution < -0.4 is 0 Å². The van der Waals surface area contributed by atoms with Crippen molar-refractivity contribution in [1.82, 2.24) is 15.0 Å². The van der Waals surface area contributed by atoms with Crippen LogP contribution in [0.5, 0.6) is 0 Å². The second-order valence-electron chi connectivity index (χ2n) is 4.59. The van der Waals surface area contributed by atoms with Crippen molar-refractivity contribution in [2.24, 2.45) is 0 Å². The van der Waals surface area contributed by atoms with Gasteiger partial charge in [0.1, 0.15) is 5.52 Å². The lowest BCUT2D eigenvalue weighted by Gasteiger charge is -2.19. The molecule has 0 bridgehead atoms. The Labute approximate surface area is 111 Å². The molecule has 102 valence electrons. The molecule has 6 nitrogen and oxygen atoms in total. The van der Waals surface area contributed by atoms with Crippen LogP contribution in [0.4, 0.5) is 0 Å². The minimum Gasteiger partial charge on any atom is -0.478 e. The fourth-order valence-electron chi connectivity index (χ4n) is 1.93. The van der Waals surface area contributed by atoms with Gasteiger partial charge in [0.05, 0.1) is 17.2 Å². The summed E-state index contributed by atoms with van der Waals surface area (Å²) in [6, 6.07) is 4.78. The van der Waals surface area contributed by atoms with Crippen molar-refractivity contribution in [3.05, 3.63) is 23.8 Å². The lowest BCUT2D eigenvalue weighted by Crippen LogP contribution is -2.17. The largest absolute Gasteiger partial charge is 0.478 e. The van der Waals surface area contributed by atoms with Crippen molar-refractivity contribution in [2.75, 3.05) is 0 Å². The first kappa shape index (κ1) is 13.5. The van der Waals surface area contributed by atoms with E-state index in [0.29, 0.717) is 5.52 Å². The predicted molar refractivity (Wildman–Crippen MR) is 70.0 cm³/mol. The number of carbonyl (C=O) groups is 1. The summed E-state index contributed by atoms with van der Waals surface area (Å²) in [6.07, 6.45) is 0.653. The Morgan fingerprint density at radius 3 is 2.79 bits per heavy atom. The Morgan fingerprint density at radius 1 is 1.47 bits per heavy atom. The number of rotatable bonds is 5. The molecule has 1 atom stereocenters. The summed E-state index contributed by atoms with van der Waals surface area (Å²) in [4.78, 5) is 10.9. The zero-order valence-electron chi connectivity index (χ0n) is 11.2. The average molecular weight is 263 g/mol. The van der Waals surface area contributed by atoms with Gasteiger partial charge in [-0.1, -0.05) is 12.1 Å². The number of hydrogen-bond acceptors (Lipinski definition) is 4. The molecule has 0 aliphatic heterocycles. The average Bonchev–Trinajstić information content (AvgIpc) is 2.78. The van der Waals surface area contributed by atoms with Gasteiger partial charge in [-0.2, -0.15) is 0 Å². The van der Waals surface area contributed by atoms with E-state index in [9.17, 15) is 4.79 Å². The van der Waals surface area contributed by atoms with E-state index in [1.807, 2.05) is 20.8 Å². The van der Waals surface area contributed by atoms with Gasteiger partial charge < -0.3 is 9.84 Å². The van der Waals surface area contributed by atoms with Gasteiger partial charge in [-0.25, -0.2) is 9.48 Å². The Bertz CT molecular complexity index is 592. The molecule has 0 radical (unpaired) electrons. The summed E-state index contributed by atoms with van der Waals surface area (Å²) < 4.78 is 7.47. The van der Waals surface area contributed by atoms with Crippen molar-refractivity contribution >= 4 is 17.0 Å². The van der Waals surface area contributed by atoms with Gasteiger partial charge in [-0.3, -0.25) is 0 Å². The molecule has 1 aromatic heterocycles. The molecule has 0 saturated carbocycles. The fourth-order valence-corrected chi connectivity index (χ4v) is 1.93. The Hall–Kier alpha value is -1.95. The van der Waals surface area contributed by atoms with Gasteiger partial charge in [0, 0.05) is 0 Å².